The molecule has 11 aromatic heterocycles. The summed E-state index contributed by atoms with van der Waals surface area (Å²) >= 11 is 7.25. The lowest BCUT2D eigenvalue weighted by Gasteiger charge is -2.21. The van der Waals surface area contributed by atoms with Gasteiger partial charge in [0.05, 0.1) is 61.3 Å². The highest BCUT2D eigenvalue weighted by molar-refractivity contribution is 7.27. The van der Waals surface area contributed by atoms with Crippen LogP contribution in [0.25, 0.3) is 263 Å². The summed E-state index contributed by atoms with van der Waals surface area (Å²) in [6.45, 7) is 4.60. The molecular weight excluding hydrogens is 1680 g/mol. The van der Waals surface area contributed by atoms with Gasteiger partial charge in [0.15, 0.2) is 0 Å². The normalized spacial score (nSPS) is 12.7. The molecule has 612 valence electrons. The average Bonchev–Trinajstić information content (AvgIpc) is 1.56. The van der Waals surface area contributed by atoms with E-state index in [0.717, 1.165) is 105 Å². The fourth-order valence-corrected chi connectivity index (χ4v) is 25.3. The van der Waals surface area contributed by atoms with Gasteiger partial charge in [-0.15, -0.1) is 45.3 Å². The molecule has 0 spiro atoms. The van der Waals surface area contributed by atoms with Crippen LogP contribution < -0.4 is 0 Å². The van der Waals surface area contributed by atoms with E-state index in [1.54, 1.807) is 11.3 Å². The van der Waals surface area contributed by atoms with Gasteiger partial charge in [0.25, 0.3) is 0 Å². The largest absolute Gasteiger partial charge is 0.437 e. The molecule has 0 atom stereocenters. The van der Waals surface area contributed by atoms with Crippen LogP contribution >= 0.6 is 45.3 Å². The van der Waals surface area contributed by atoms with Crippen molar-refractivity contribution in [1.82, 2.24) is 43.6 Å². The van der Waals surface area contributed by atoms with E-state index in [2.05, 4.69) is 392 Å². The van der Waals surface area contributed by atoms with E-state index in [9.17, 15) is 0 Å². The van der Waals surface area contributed by atoms with E-state index < -0.39 is 0 Å². The Balaban J connectivity index is 0.0000000986. The second kappa shape index (κ2) is 28.5. The molecule has 0 amide bonds. The molecule has 1 aliphatic rings. The lowest BCUT2D eigenvalue weighted by Crippen LogP contribution is -2.18. The van der Waals surface area contributed by atoms with Crippen molar-refractivity contribution in [2.24, 2.45) is 0 Å². The number of benzene rings is 18. The van der Waals surface area contributed by atoms with E-state index in [0.29, 0.717) is 23.6 Å². The van der Waals surface area contributed by atoms with Gasteiger partial charge in [-0.25, -0.2) is 24.9 Å². The molecule has 0 saturated heterocycles. The predicted octanol–water partition coefficient (Wildman–Crippen LogP) is 32.9. The highest BCUT2D eigenvalue weighted by Gasteiger charge is 2.40. The maximum absolute atomic E-state index is 6.43. The molecule has 14 heteroatoms. The zero-order valence-corrected chi connectivity index (χ0v) is 73.7. The standard InChI is InChI=1S/C41H27N3S.C38H21N3OS.C38H21N3S2/c1-41(2)32-16-8-5-15-30(32)37-38(26-19-20-29-28-14-7-10-18-35(28)45-36(29)23-26)42-40(43-39(37)41)44-33-17-9-6-13-27(33)31-21-24-11-3-4-12-25(24)22-34(31)44;1-2-10-23-21-31-28(19-22(23)9-1)25-11-3-6-14-30(25)41(31)38-39-36(35-27-13-4-7-15-32(27)42-37(35)40-38)24-17-18-34-29(20-24)26-12-5-8-16-33(26)43-34;1-2-10-23-21-31-28(19-22(23)9-1)25-11-3-6-14-30(25)41(31)38-39-36(35-27-13-5-8-16-33(27)43-37(35)40-38)24-17-18-34-29(20-24)26-12-4-7-15-32(26)42-34/h3-23H,1-2H3;2*1-21H. The Morgan fingerprint density at radius 2 is 0.611 bits per heavy atom. The summed E-state index contributed by atoms with van der Waals surface area (Å²) in [5.41, 5.74) is 18.6. The Kier molecular flexibility index (Phi) is 16.2. The van der Waals surface area contributed by atoms with Gasteiger partial charge < -0.3 is 4.42 Å². The van der Waals surface area contributed by atoms with Gasteiger partial charge in [-0.2, -0.15) is 4.98 Å². The summed E-state index contributed by atoms with van der Waals surface area (Å²) in [6, 6.07) is 137. The van der Waals surface area contributed by atoms with Crippen molar-refractivity contribution in [2.45, 2.75) is 19.3 Å². The SMILES string of the molecule is CC1(C)c2ccccc2-c2c(-c3ccc4c(c3)sc3ccccc34)nc(-n3c4ccccc4c4cc5ccccc5cc43)nc21.c1ccc2cc3c(cc2c1)c1ccccc1n3-c1nc(-c2ccc3sc4ccccc4c3c2)c2c(n1)oc1ccccc12.c1ccc2cc3c(cc2c1)c1ccccc1n3-c1nc(-c2ccc3sc4ccccc4c3c2)c2c(n1)sc1ccccc12. The highest BCUT2D eigenvalue weighted by atomic mass is 32.1. The molecule has 11 heterocycles. The minimum Gasteiger partial charge on any atom is -0.437 e. The molecule has 0 aliphatic heterocycles. The quantitative estimate of drug-likeness (QED) is 0.163. The number of para-hydroxylation sites is 4. The second-order valence-electron chi connectivity index (χ2n) is 34.7. The van der Waals surface area contributed by atoms with Crippen LogP contribution in [0.1, 0.15) is 25.1 Å². The molecule has 0 unspecified atom stereocenters. The Bertz CT molecular complexity index is 9610. The lowest BCUT2D eigenvalue weighted by molar-refractivity contribution is 0.632. The number of nitrogens with zero attached hydrogens (tertiary/aromatic N) is 9. The lowest BCUT2D eigenvalue weighted by atomic mass is 9.85. The molecule has 0 N–H and O–H groups in total. The molecule has 30 rings (SSSR count). The minimum absolute atomic E-state index is 0.272. The molecule has 0 radical (unpaired) electrons. The molecule has 1 aliphatic carbocycles. The van der Waals surface area contributed by atoms with Crippen LogP contribution in [0.4, 0.5) is 0 Å². The van der Waals surface area contributed by atoms with Crippen molar-refractivity contribution in [3.05, 3.63) is 393 Å². The summed E-state index contributed by atoms with van der Waals surface area (Å²) in [4.78, 5) is 33.2. The maximum atomic E-state index is 6.43. The Hall–Kier alpha value is -15.9. The van der Waals surface area contributed by atoms with Gasteiger partial charge in [-0.3, -0.25) is 13.7 Å². The van der Waals surface area contributed by atoms with Crippen LogP contribution in [0.2, 0.25) is 0 Å². The van der Waals surface area contributed by atoms with Crippen molar-refractivity contribution in [1.29, 1.82) is 0 Å². The number of hydrogen-bond donors (Lipinski definition) is 0. The Labute approximate surface area is 763 Å². The molecular formula is C117H69N9OS4. The smallest absolute Gasteiger partial charge is 0.238 e. The monoisotopic (exact) mass is 1740 g/mol. The van der Waals surface area contributed by atoms with E-state index >= 15 is 0 Å². The number of hydrogen-bond acceptors (Lipinski definition) is 11. The fourth-order valence-electron chi connectivity index (χ4n) is 20.9. The molecule has 0 fully saturated rings. The second-order valence-corrected chi connectivity index (χ2v) is 39.0. The molecule has 18 aromatic carbocycles. The molecule has 29 aromatic rings. The van der Waals surface area contributed by atoms with E-state index in [-0.39, 0.29) is 5.41 Å². The summed E-state index contributed by atoms with van der Waals surface area (Å²) < 4.78 is 22.1. The first-order valence-corrected chi connectivity index (χ1v) is 47.4. The van der Waals surface area contributed by atoms with Gasteiger partial charge in [-0.05, 0) is 159 Å². The zero-order valence-electron chi connectivity index (χ0n) is 70.4. The number of furan rings is 1. The third-order valence-corrected chi connectivity index (χ3v) is 31.5. The predicted molar refractivity (Wildman–Crippen MR) is 554 cm³/mol. The van der Waals surface area contributed by atoms with Crippen molar-refractivity contribution in [3.63, 3.8) is 0 Å². The summed E-state index contributed by atoms with van der Waals surface area (Å²) in [5.74, 6) is 2.01. The number of rotatable bonds is 6. The van der Waals surface area contributed by atoms with Crippen molar-refractivity contribution < 1.29 is 4.42 Å². The van der Waals surface area contributed by atoms with Crippen LogP contribution in [0.5, 0.6) is 0 Å². The third-order valence-electron chi connectivity index (χ3n) is 27.0. The number of thiophene rings is 4. The van der Waals surface area contributed by atoms with Gasteiger partial charge >= 0.3 is 0 Å². The average molecular weight is 1750 g/mol. The molecule has 0 bridgehead atoms. The molecule has 131 heavy (non-hydrogen) atoms. The fraction of sp³-hybridized carbons (Fsp3) is 0.0256. The number of fused-ring (bicyclic) bond motifs is 30. The maximum Gasteiger partial charge on any atom is 0.238 e. The first-order valence-electron chi connectivity index (χ1n) is 44.1. The zero-order chi connectivity index (χ0) is 86.0. The van der Waals surface area contributed by atoms with E-state index in [1.807, 2.05) is 52.2 Å². The summed E-state index contributed by atoms with van der Waals surface area (Å²) in [6.07, 6.45) is 0. The van der Waals surface area contributed by atoms with Crippen LogP contribution in [0.3, 0.4) is 0 Å². The number of aromatic nitrogens is 9. The van der Waals surface area contributed by atoms with Crippen LogP contribution in [-0.2, 0) is 5.41 Å². The van der Waals surface area contributed by atoms with Crippen LogP contribution in [-0.4, -0.2) is 43.6 Å². The Morgan fingerprint density at radius 3 is 1.14 bits per heavy atom. The van der Waals surface area contributed by atoms with Crippen molar-refractivity contribution in [2.75, 3.05) is 0 Å². The highest BCUT2D eigenvalue weighted by Crippen LogP contribution is 2.54. The first-order chi connectivity index (χ1) is 64.7. The topological polar surface area (TPSA) is 105 Å². The van der Waals surface area contributed by atoms with E-state index in [1.165, 1.54) is 146 Å². The third kappa shape index (κ3) is 11.4. The van der Waals surface area contributed by atoms with Crippen LogP contribution in [0, 0.1) is 0 Å². The first kappa shape index (κ1) is 74.2. The van der Waals surface area contributed by atoms with E-state index in [4.69, 9.17) is 34.3 Å². The van der Waals surface area contributed by atoms with Gasteiger partial charge in [0.1, 0.15) is 10.4 Å². The van der Waals surface area contributed by atoms with Crippen molar-refractivity contribution in [3.8, 4) is 62.7 Å². The molecule has 10 nitrogen and oxygen atoms in total. The Morgan fingerprint density at radius 1 is 0.244 bits per heavy atom. The van der Waals surface area contributed by atoms with Gasteiger partial charge in [0.2, 0.25) is 23.6 Å². The summed E-state index contributed by atoms with van der Waals surface area (Å²) in [5, 5.41) is 26.4. The van der Waals surface area contributed by atoms with Crippen LogP contribution in [0.15, 0.2) is 387 Å². The minimum atomic E-state index is -0.272. The van der Waals surface area contributed by atoms with Crippen molar-refractivity contribution >= 4 is 246 Å². The molecule has 0 saturated carbocycles. The van der Waals surface area contributed by atoms with Gasteiger partial charge in [-0.1, -0.05) is 281 Å². The summed E-state index contributed by atoms with van der Waals surface area (Å²) in [7, 11) is 0. The van der Waals surface area contributed by atoms with Gasteiger partial charge in [0, 0.05) is 141 Å².